The third kappa shape index (κ3) is 2.66. The number of carbonyl (C=O) groups is 1. The molecule has 1 aliphatic rings. The molecule has 1 unspecified atom stereocenters. The Balaban J connectivity index is 2.09. The predicted molar refractivity (Wildman–Crippen MR) is 63.8 cm³/mol. The van der Waals surface area contributed by atoms with Gasteiger partial charge in [0.05, 0.1) is 0 Å². The first-order chi connectivity index (χ1) is 8.22. The highest BCUT2D eigenvalue weighted by atomic mass is 16.5. The molecule has 5 heteroatoms. The molecule has 1 aliphatic heterocycles. The molecule has 1 aromatic heterocycles. The first kappa shape index (κ1) is 12.1. The van der Waals surface area contributed by atoms with Gasteiger partial charge in [-0.25, -0.2) is 0 Å². The third-order valence-electron chi connectivity index (χ3n) is 3.16. The molecule has 17 heavy (non-hydrogen) atoms. The molecule has 1 aromatic rings. The Hall–Kier alpha value is -1.36. The molecule has 94 valence electrons. The van der Waals surface area contributed by atoms with Gasteiger partial charge in [0.15, 0.2) is 5.69 Å². The van der Waals surface area contributed by atoms with Crippen molar-refractivity contribution in [1.82, 2.24) is 15.4 Å². The maximum Gasteiger partial charge on any atom is 0.276 e. The number of hydrogen-bond acceptors (Lipinski definition) is 4. The van der Waals surface area contributed by atoms with Crippen LogP contribution in [0.1, 0.15) is 36.0 Å². The molecule has 2 heterocycles. The molecule has 0 bridgehead atoms. The Bertz CT molecular complexity index is 383. The summed E-state index contributed by atoms with van der Waals surface area (Å²) in [5, 5.41) is 7.12. The van der Waals surface area contributed by atoms with Gasteiger partial charge in [-0.15, -0.1) is 0 Å². The molecular formula is C12H19N3O2. The van der Waals surface area contributed by atoms with Gasteiger partial charge in [0.1, 0.15) is 5.76 Å². The summed E-state index contributed by atoms with van der Waals surface area (Å²) in [7, 11) is 0. The van der Waals surface area contributed by atoms with Crippen molar-refractivity contribution >= 4 is 5.91 Å². The summed E-state index contributed by atoms with van der Waals surface area (Å²) in [6.07, 6.45) is 2.18. The number of piperidine rings is 1. The highest BCUT2D eigenvalue weighted by Gasteiger charge is 2.26. The molecule has 1 fully saturated rings. The molecule has 2 rings (SSSR count). The Morgan fingerprint density at radius 3 is 3.06 bits per heavy atom. The zero-order valence-electron chi connectivity index (χ0n) is 10.4. The molecule has 0 aliphatic carbocycles. The van der Waals surface area contributed by atoms with Crippen LogP contribution in [0.15, 0.2) is 10.6 Å². The predicted octanol–water partition coefficient (Wildman–Crippen LogP) is 1.20. The van der Waals surface area contributed by atoms with Crippen molar-refractivity contribution in [2.75, 3.05) is 19.6 Å². The van der Waals surface area contributed by atoms with Crippen molar-refractivity contribution in [3.05, 3.63) is 17.5 Å². The van der Waals surface area contributed by atoms with Gasteiger partial charge in [0.25, 0.3) is 5.91 Å². The molecule has 5 nitrogen and oxygen atoms in total. The van der Waals surface area contributed by atoms with Gasteiger partial charge < -0.3 is 14.7 Å². The van der Waals surface area contributed by atoms with Crippen LogP contribution in [0.25, 0.3) is 0 Å². The van der Waals surface area contributed by atoms with Crippen molar-refractivity contribution in [3.8, 4) is 0 Å². The van der Waals surface area contributed by atoms with E-state index < -0.39 is 0 Å². The fourth-order valence-electron chi connectivity index (χ4n) is 2.28. The smallest absolute Gasteiger partial charge is 0.276 e. The number of amides is 1. The van der Waals surface area contributed by atoms with Crippen molar-refractivity contribution in [3.63, 3.8) is 0 Å². The van der Waals surface area contributed by atoms with E-state index in [1.807, 2.05) is 11.8 Å². The van der Waals surface area contributed by atoms with Gasteiger partial charge in [0.2, 0.25) is 0 Å². The van der Waals surface area contributed by atoms with Crippen LogP contribution in [0.5, 0.6) is 0 Å². The van der Waals surface area contributed by atoms with Crippen LogP contribution in [-0.4, -0.2) is 41.6 Å². The zero-order valence-corrected chi connectivity index (χ0v) is 10.4. The van der Waals surface area contributed by atoms with Gasteiger partial charge in [-0.2, -0.15) is 0 Å². The molecule has 0 aromatic carbocycles. The first-order valence-corrected chi connectivity index (χ1v) is 6.17. The average Bonchev–Trinajstić information content (AvgIpc) is 2.78. The van der Waals surface area contributed by atoms with Crippen molar-refractivity contribution in [1.29, 1.82) is 0 Å². The van der Waals surface area contributed by atoms with Gasteiger partial charge in [-0.1, -0.05) is 5.16 Å². The van der Waals surface area contributed by atoms with Gasteiger partial charge >= 0.3 is 0 Å². The van der Waals surface area contributed by atoms with Gasteiger partial charge in [0, 0.05) is 25.2 Å². The summed E-state index contributed by atoms with van der Waals surface area (Å²) < 4.78 is 4.95. The standard InChI is InChI=1S/C12H19N3O2/c1-3-15(10-5-4-6-13-8-10)12(16)11-7-9(2)17-14-11/h7,10,13H,3-6,8H2,1-2H3. The lowest BCUT2D eigenvalue weighted by Gasteiger charge is -2.33. The third-order valence-corrected chi connectivity index (χ3v) is 3.16. The summed E-state index contributed by atoms with van der Waals surface area (Å²) in [5.41, 5.74) is 0.412. The number of carbonyl (C=O) groups excluding carboxylic acids is 1. The fraction of sp³-hybridized carbons (Fsp3) is 0.667. The minimum atomic E-state index is -0.0296. The van der Waals surface area contributed by atoms with Crippen LogP contribution in [0.3, 0.4) is 0 Å². The number of nitrogens with zero attached hydrogens (tertiary/aromatic N) is 2. The quantitative estimate of drug-likeness (QED) is 0.858. The second-order valence-corrected chi connectivity index (χ2v) is 4.41. The maximum absolute atomic E-state index is 12.3. The lowest BCUT2D eigenvalue weighted by molar-refractivity contribution is 0.0651. The molecule has 1 atom stereocenters. The number of nitrogens with one attached hydrogen (secondary N) is 1. The number of hydrogen-bond donors (Lipinski definition) is 1. The average molecular weight is 237 g/mol. The first-order valence-electron chi connectivity index (χ1n) is 6.17. The zero-order chi connectivity index (χ0) is 12.3. The molecule has 0 spiro atoms. The Morgan fingerprint density at radius 1 is 1.71 bits per heavy atom. The van der Waals surface area contributed by atoms with Crippen molar-refractivity contribution < 1.29 is 9.32 Å². The minimum Gasteiger partial charge on any atom is -0.361 e. The Kier molecular flexibility index (Phi) is 3.78. The lowest BCUT2D eigenvalue weighted by Crippen LogP contribution is -2.48. The van der Waals surface area contributed by atoms with Crippen LogP contribution in [-0.2, 0) is 0 Å². The molecule has 1 amide bonds. The van der Waals surface area contributed by atoms with Crippen LogP contribution in [0.4, 0.5) is 0 Å². The SMILES string of the molecule is CCN(C(=O)c1cc(C)on1)C1CCCNC1. The topological polar surface area (TPSA) is 58.4 Å². The van der Waals surface area contributed by atoms with Crippen LogP contribution < -0.4 is 5.32 Å². The molecule has 1 N–H and O–H groups in total. The maximum atomic E-state index is 12.3. The van der Waals surface area contributed by atoms with E-state index in [-0.39, 0.29) is 11.9 Å². The molecule has 0 radical (unpaired) electrons. The summed E-state index contributed by atoms with van der Waals surface area (Å²) >= 11 is 0. The van der Waals surface area contributed by atoms with Gasteiger partial charge in [-0.05, 0) is 33.2 Å². The van der Waals surface area contributed by atoms with Gasteiger partial charge in [-0.3, -0.25) is 4.79 Å². The van der Waals surface area contributed by atoms with E-state index >= 15 is 0 Å². The lowest BCUT2D eigenvalue weighted by atomic mass is 10.1. The summed E-state index contributed by atoms with van der Waals surface area (Å²) in [6, 6.07) is 1.97. The number of rotatable bonds is 3. The fourth-order valence-corrected chi connectivity index (χ4v) is 2.28. The highest BCUT2D eigenvalue weighted by molar-refractivity contribution is 5.92. The van der Waals surface area contributed by atoms with Crippen LogP contribution in [0.2, 0.25) is 0 Å². The highest BCUT2D eigenvalue weighted by Crippen LogP contribution is 2.14. The molecule has 0 saturated carbocycles. The van der Waals surface area contributed by atoms with E-state index in [0.717, 1.165) is 25.9 Å². The van der Waals surface area contributed by atoms with E-state index in [1.165, 1.54) is 0 Å². The second kappa shape index (κ2) is 5.31. The normalized spacial score (nSPS) is 20.2. The van der Waals surface area contributed by atoms with Crippen LogP contribution >= 0.6 is 0 Å². The van der Waals surface area contributed by atoms with E-state index in [9.17, 15) is 4.79 Å². The summed E-state index contributed by atoms with van der Waals surface area (Å²) in [4.78, 5) is 14.1. The van der Waals surface area contributed by atoms with E-state index in [4.69, 9.17) is 4.52 Å². The largest absolute Gasteiger partial charge is 0.361 e. The van der Waals surface area contributed by atoms with Crippen molar-refractivity contribution in [2.45, 2.75) is 32.7 Å². The van der Waals surface area contributed by atoms with E-state index in [2.05, 4.69) is 10.5 Å². The number of aryl methyl sites for hydroxylation is 1. The number of likely N-dealkylation sites (N-methyl/N-ethyl adjacent to an activating group) is 1. The van der Waals surface area contributed by atoms with E-state index in [1.54, 1.807) is 13.0 Å². The van der Waals surface area contributed by atoms with E-state index in [0.29, 0.717) is 18.0 Å². The molecular weight excluding hydrogens is 218 g/mol. The second-order valence-electron chi connectivity index (χ2n) is 4.41. The van der Waals surface area contributed by atoms with Crippen molar-refractivity contribution in [2.24, 2.45) is 0 Å². The minimum absolute atomic E-state index is 0.0296. The summed E-state index contributed by atoms with van der Waals surface area (Å²) in [5.74, 6) is 0.643. The molecule has 1 saturated heterocycles. The monoisotopic (exact) mass is 237 g/mol. The van der Waals surface area contributed by atoms with Crippen LogP contribution in [0, 0.1) is 6.92 Å². The Morgan fingerprint density at radius 2 is 2.53 bits per heavy atom. The number of aromatic nitrogens is 1. The Labute approximate surface area is 101 Å². The summed E-state index contributed by atoms with van der Waals surface area (Å²) in [6.45, 7) is 6.42.